The molecule has 19 heavy (non-hydrogen) atoms. The minimum Gasteiger partial charge on any atom is -0.494 e. The summed E-state index contributed by atoms with van der Waals surface area (Å²) in [7, 11) is 1.62. The Labute approximate surface area is 113 Å². The van der Waals surface area contributed by atoms with Gasteiger partial charge in [0.1, 0.15) is 11.4 Å². The topological polar surface area (TPSA) is 41.9 Å². The highest BCUT2D eigenvalue weighted by atomic mass is 16.5. The van der Waals surface area contributed by atoms with E-state index in [-0.39, 0.29) is 11.8 Å². The number of fused-ring (bicyclic) bond motifs is 1. The number of benzene rings is 1. The van der Waals surface area contributed by atoms with Crippen molar-refractivity contribution in [2.45, 2.75) is 32.1 Å². The van der Waals surface area contributed by atoms with Crippen LogP contribution in [-0.2, 0) is 4.79 Å². The molecule has 1 aromatic carbocycles. The van der Waals surface area contributed by atoms with Gasteiger partial charge in [-0.15, -0.1) is 0 Å². The zero-order chi connectivity index (χ0) is 13.2. The Bertz CT molecular complexity index is 525. The minimum absolute atomic E-state index is 0.00703. The third-order valence-electron chi connectivity index (χ3n) is 3.88. The van der Waals surface area contributed by atoms with Crippen LogP contribution < -0.4 is 9.75 Å². The lowest BCUT2D eigenvalue weighted by atomic mass is 9.98. The molecule has 0 spiro atoms. The quantitative estimate of drug-likeness (QED) is 0.818. The van der Waals surface area contributed by atoms with Gasteiger partial charge < -0.3 is 4.74 Å². The number of nitrogens with zero attached hydrogens (tertiary/aromatic N) is 2. The molecule has 2 aliphatic rings. The fourth-order valence-electron chi connectivity index (χ4n) is 2.86. The van der Waals surface area contributed by atoms with Gasteiger partial charge in [-0.1, -0.05) is 25.0 Å². The van der Waals surface area contributed by atoms with Crippen molar-refractivity contribution in [3.8, 4) is 5.75 Å². The Hall–Kier alpha value is -1.84. The Morgan fingerprint density at radius 1 is 1.26 bits per heavy atom. The Balaban J connectivity index is 1.96. The molecule has 1 aromatic rings. The first-order valence-electron chi connectivity index (χ1n) is 6.85. The molecule has 1 atom stereocenters. The van der Waals surface area contributed by atoms with E-state index in [0.29, 0.717) is 5.75 Å². The zero-order valence-electron chi connectivity index (χ0n) is 11.1. The summed E-state index contributed by atoms with van der Waals surface area (Å²) in [6, 6.07) is 7.54. The van der Waals surface area contributed by atoms with Gasteiger partial charge in [-0.2, -0.15) is 10.1 Å². The normalized spacial score (nSPS) is 22.8. The molecule has 0 aromatic heterocycles. The molecule has 3 rings (SSSR count). The first-order chi connectivity index (χ1) is 9.31. The van der Waals surface area contributed by atoms with Crippen molar-refractivity contribution in [2.75, 3.05) is 12.1 Å². The number of methoxy groups -OCH3 is 1. The van der Waals surface area contributed by atoms with Crippen LogP contribution in [-0.4, -0.2) is 18.7 Å². The van der Waals surface area contributed by atoms with Gasteiger partial charge in [0.05, 0.1) is 18.7 Å². The summed E-state index contributed by atoms with van der Waals surface area (Å²) in [6.45, 7) is 0. The van der Waals surface area contributed by atoms with Crippen molar-refractivity contribution < 1.29 is 9.53 Å². The third kappa shape index (κ3) is 2.11. The van der Waals surface area contributed by atoms with Gasteiger partial charge in [-0.3, -0.25) is 4.79 Å². The zero-order valence-corrected chi connectivity index (χ0v) is 11.1. The number of hydrazone groups is 1. The Morgan fingerprint density at radius 3 is 2.95 bits per heavy atom. The van der Waals surface area contributed by atoms with Crippen molar-refractivity contribution in [1.82, 2.24) is 0 Å². The highest BCUT2D eigenvalue weighted by Gasteiger charge is 2.37. The van der Waals surface area contributed by atoms with E-state index in [0.717, 1.165) is 37.1 Å². The van der Waals surface area contributed by atoms with Gasteiger partial charge in [-0.25, -0.2) is 0 Å². The number of amides is 1. The standard InChI is InChI=1S/C15H18N2O2/c1-19-14-10-6-5-9-13(14)17-15(18)11-7-3-2-4-8-12(11)16-17/h5-6,9-11H,2-4,7-8H2,1H3. The lowest BCUT2D eigenvalue weighted by Crippen LogP contribution is -2.27. The molecule has 100 valence electrons. The Morgan fingerprint density at radius 2 is 2.11 bits per heavy atom. The van der Waals surface area contributed by atoms with Crippen molar-refractivity contribution in [1.29, 1.82) is 0 Å². The average Bonchev–Trinajstić information content (AvgIpc) is 2.64. The predicted molar refractivity (Wildman–Crippen MR) is 74.5 cm³/mol. The summed E-state index contributed by atoms with van der Waals surface area (Å²) in [5, 5.41) is 6.08. The van der Waals surface area contributed by atoms with Crippen LogP contribution in [0.2, 0.25) is 0 Å². The van der Waals surface area contributed by atoms with Gasteiger partial charge in [0.15, 0.2) is 0 Å². The van der Waals surface area contributed by atoms with E-state index in [2.05, 4.69) is 5.10 Å². The van der Waals surface area contributed by atoms with E-state index >= 15 is 0 Å². The molecule has 4 heteroatoms. The van der Waals surface area contributed by atoms with Crippen LogP contribution in [0.1, 0.15) is 32.1 Å². The van der Waals surface area contributed by atoms with Crippen molar-refractivity contribution in [2.24, 2.45) is 11.0 Å². The molecule has 0 saturated heterocycles. The summed E-state index contributed by atoms with van der Waals surface area (Å²) in [5.41, 5.74) is 1.80. The number of ether oxygens (including phenoxy) is 1. The molecular weight excluding hydrogens is 240 g/mol. The molecule has 0 bridgehead atoms. The lowest BCUT2D eigenvalue weighted by Gasteiger charge is -2.16. The van der Waals surface area contributed by atoms with Crippen molar-refractivity contribution >= 4 is 17.3 Å². The number of para-hydroxylation sites is 2. The van der Waals surface area contributed by atoms with Gasteiger partial charge in [0, 0.05) is 0 Å². The molecule has 1 fully saturated rings. The van der Waals surface area contributed by atoms with Gasteiger partial charge in [0.2, 0.25) is 0 Å². The summed E-state index contributed by atoms with van der Waals surface area (Å²) in [4.78, 5) is 12.5. The SMILES string of the molecule is COc1ccccc1N1N=C2CCCCCC2C1=O. The third-order valence-corrected chi connectivity index (χ3v) is 3.88. The van der Waals surface area contributed by atoms with Crippen molar-refractivity contribution in [3.63, 3.8) is 0 Å². The van der Waals surface area contributed by atoms with Crippen LogP contribution in [0.15, 0.2) is 29.4 Å². The molecule has 1 heterocycles. The Kier molecular flexibility index (Phi) is 3.23. The second kappa shape index (κ2) is 5.03. The van der Waals surface area contributed by atoms with E-state index in [1.165, 1.54) is 11.4 Å². The van der Waals surface area contributed by atoms with Crippen LogP contribution in [0.5, 0.6) is 5.75 Å². The predicted octanol–water partition coefficient (Wildman–Crippen LogP) is 2.98. The fourth-order valence-corrected chi connectivity index (χ4v) is 2.86. The smallest absolute Gasteiger partial charge is 0.256 e. The average molecular weight is 258 g/mol. The maximum atomic E-state index is 12.5. The molecule has 1 amide bonds. The summed E-state index contributed by atoms with van der Waals surface area (Å²) < 4.78 is 5.32. The van der Waals surface area contributed by atoms with Crippen molar-refractivity contribution in [3.05, 3.63) is 24.3 Å². The second-order valence-corrected chi connectivity index (χ2v) is 5.07. The van der Waals surface area contributed by atoms with Gasteiger partial charge >= 0.3 is 0 Å². The van der Waals surface area contributed by atoms with Gasteiger partial charge in [0.25, 0.3) is 5.91 Å². The molecule has 1 saturated carbocycles. The maximum absolute atomic E-state index is 12.5. The van der Waals surface area contributed by atoms with E-state index in [1.807, 2.05) is 24.3 Å². The molecule has 1 unspecified atom stereocenters. The molecule has 4 nitrogen and oxygen atoms in total. The lowest BCUT2D eigenvalue weighted by molar-refractivity contribution is -0.119. The van der Waals surface area contributed by atoms with Crippen LogP contribution in [0, 0.1) is 5.92 Å². The number of hydrogen-bond acceptors (Lipinski definition) is 3. The molecule has 0 N–H and O–H groups in total. The molecule has 0 radical (unpaired) electrons. The number of rotatable bonds is 2. The first kappa shape index (κ1) is 12.2. The molecular formula is C15H18N2O2. The first-order valence-corrected chi connectivity index (χ1v) is 6.85. The number of anilines is 1. The van der Waals surface area contributed by atoms with E-state index in [1.54, 1.807) is 7.11 Å². The second-order valence-electron chi connectivity index (χ2n) is 5.07. The molecule has 1 aliphatic heterocycles. The minimum atomic E-state index is -0.00703. The van der Waals surface area contributed by atoms with E-state index < -0.39 is 0 Å². The highest BCUT2D eigenvalue weighted by molar-refractivity contribution is 6.16. The van der Waals surface area contributed by atoms with Crippen LogP contribution in [0.3, 0.4) is 0 Å². The highest BCUT2D eigenvalue weighted by Crippen LogP contribution is 2.35. The largest absolute Gasteiger partial charge is 0.494 e. The maximum Gasteiger partial charge on any atom is 0.256 e. The number of carbonyl (C=O) groups is 1. The van der Waals surface area contributed by atoms with Crippen LogP contribution >= 0.6 is 0 Å². The summed E-state index contributed by atoms with van der Waals surface area (Å²) in [6.07, 6.45) is 5.35. The van der Waals surface area contributed by atoms with Crippen LogP contribution in [0.4, 0.5) is 5.69 Å². The number of carbonyl (C=O) groups excluding carboxylic acids is 1. The summed E-state index contributed by atoms with van der Waals surface area (Å²) >= 11 is 0. The monoisotopic (exact) mass is 258 g/mol. The number of hydrogen-bond donors (Lipinski definition) is 0. The van der Waals surface area contributed by atoms with E-state index in [9.17, 15) is 4.79 Å². The fraction of sp³-hybridized carbons (Fsp3) is 0.467. The van der Waals surface area contributed by atoms with Gasteiger partial charge in [-0.05, 0) is 31.4 Å². The molecule has 1 aliphatic carbocycles. The summed E-state index contributed by atoms with van der Waals surface area (Å²) in [5.74, 6) is 0.783. The van der Waals surface area contributed by atoms with E-state index in [4.69, 9.17) is 4.74 Å². The van der Waals surface area contributed by atoms with Crippen LogP contribution in [0.25, 0.3) is 0 Å².